The Labute approximate surface area is 122 Å². The number of benzene rings is 1. The van der Waals surface area contributed by atoms with Gasteiger partial charge in [-0.25, -0.2) is 8.42 Å². The molecule has 20 heavy (non-hydrogen) atoms. The van der Waals surface area contributed by atoms with Gasteiger partial charge in [-0.3, -0.25) is 0 Å². The average Bonchev–Trinajstić information content (AvgIpc) is 2.38. The summed E-state index contributed by atoms with van der Waals surface area (Å²) in [5, 5.41) is 3.02. The first-order valence-electron chi connectivity index (χ1n) is 6.19. The van der Waals surface area contributed by atoms with Crippen LogP contribution in [0.3, 0.4) is 0 Å². The zero-order valence-electron chi connectivity index (χ0n) is 11.1. The van der Waals surface area contributed by atoms with Gasteiger partial charge in [0.2, 0.25) is 9.84 Å². The maximum atomic E-state index is 12.7. The van der Waals surface area contributed by atoms with Crippen LogP contribution in [0.25, 0.3) is 0 Å². The highest BCUT2D eigenvalue weighted by Gasteiger charge is 2.47. The topological polar surface area (TPSA) is 46.2 Å². The molecule has 112 valence electrons. The quantitative estimate of drug-likeness (QED) is 0.863. The third kappa shape index (κ3) is 2.51. The van der Waals surface area contributed by atoms with Gasteiger partial charge in [-0.1, -0.05) is 26.0 Å². The second-order valence-electron chi connectivity index (χ2n) is 5.52. The van der Waals surface area contributed by atoms with E-state index in [2.05, 4.69) is 5.32 Å². The van der Waals surface area contributed by atoms with Crippen molar-refractivity contribution in [1.82, 2.24) is 0 Å². The Kier molecular flexibility index (Phi) is 3.99. The minimum absolute atomic E-state index is 0.0149. The lowest BCUT2D eigenvalue weighted by atomic mass is 9.66. The van der Waals surface area contributed by atoms with Gasteiger partial charge in [0.1, 0.15) is 0 Å². The summed E-state index contributed by atoms with van der Waals surface area (Å²) in [4.78, 5) is -0.371. The van der Waals surface area contributed by atoms with E-state index in [0.717, 1.165) is 0 Å². The smallest absolute Gasteiger partial charge is 0.341 e. The fourth-order valence-electron chi connectivity index (χ4n) is 2.23. The third-order valence-corrected chi connectivity index (χ3v) is 6.08. The molecule has 1 fully saturated rings. The molecule has 1 aliphatic rings. The van der Waals surface area contributed by atoms with Crippen molar-refractivity contribution in [3.63, 3.8) is 0 Å². The average molecular weight is 324 g/mol. The maximum absolute atomic E-state index is 12.7. The van der Waals surface area contributed by atoms with E-state index in [-0.39, 0.29) is 27.4 Å². The monoisotopic (exact) mass is 323 g/mol. The van der Waals surface area contributed by atoms with Gasteiger partial charge in [0.25, 0.3) is 0 Å². The Morgan fingerprint density at radius 1 is 1.35 bits per heavy atom. The lowest BCUT2D eigenvalue weighted by molar-refractivity contribution is 0.168. The first kappa shape index (κ1) is 15.5. The molecular formula is C13H16ClF2NO2S. The Morgan fingerprint density at radius 2 is 1.95 bits per heavy atom. The van der Waals surface area contributed by atoms with Crippen molar-refractivity contribution in [1.29, 1.82) is 0 Å². The van der Waals surface area contributed by atoms with Crippen LogP contribution in [0.4, 0.5) is 14.5 Å². The first-order valence-corrected chi connectivity index (χ1v) is 8.17. The van der Waals surface area contributed by atoms with E-state index < -0.39 is 15.6 Å². The number of rotatable bonds is 4. The minimum atomic E-state index is -4.62. The molecule has 1 aromatic rings. The number of alkyl halides is 3. The van der Waals surface area contributed by atoms with Gasteiger partial charge in [-0.05, 0) is 18.6 Å². The molecule has 0 saturated heterocycles. The van der Waals surface area contributed by atoms with E-state index in [1.807, 2.05) is 13.8 Å². The van der Waals surface area contributed by atoms with E-state index in [9.17, 15) is 17.2 Å². The van der Waals surface area contributed by atoms with Crippen molar-refractivity contribution in [2.24, 2.45) is 5.41 Å². The highest BCUT2D eigenvalue weighted by molar-refractivity contribution is 7.91. The van der Waals surface area contributed by atoms with Crippen LogP contribution in [0.5, 0.6) is 0 Å². The number of anilines is 1. The van der Waals surface area contributed by atoms with Crippen LogP contribution in [0.15, 0.2) is 29.2 Å². The SMILES string of the molecule is CC1(C)C(Cl)CC1Nc1ccccc1S(=O)(=O)C(F)F. The van der Waals surface area contributed by atoms with Crippen molar-refractivity contribution < 1.29 is 17.2 Å². The van der Waals surface area contributed by atoms with E-state index >= 15 is 0 Å². The molecule has 0 amide bonds. The summed E-state index contributed by atoms with van der Waals surface area (Å²) >= 11 is 6.10. The Morgan fingerprint density at radius 3 is 2.45 bits per heavy atom. The summed E-state index contributed by atoms with van der Waals surface area (Å²) in [6.07, 6.45) is 0.664. The Bertz CT molecular complexity index is 604. The summed E-state index contributed by atoms with van der Waals surface area (Å²) < 4.78 is 48.7. The Hall–Kier alpha value is -0.880. The van der Waals surface area contributed by atoms with Crippen molar-refractivity contribution in [2.45, 2.75) is 42.3 Å². The van der Waals surface area contributed by atoms with Crippen molar-refractivity contribution in [3.05, 3.63) is 24.3 Å². The van der Waals surface area contributed by atoms with Crippen molar-refractivity contribution in [2.75, 3.05) is 5.32 Å². The number of para-hydroxylation sites is 1. The van der Waals surface area contributed by atoms with Gasteiger partial charge in [-0.15, -0.1) is 11.6 Å². The molecule has 0 aliphatic heterocycles. The van der Waals surface area contributed by atoms with Crippen LogP contribution in [0.1, 0.15) is 20.3 Å². The summed E-state index contributed by atoms with van der Waals surface area (Å²) in [5.74, 6) is -3.43. The van der Waals surface area contributed by atoms with E-state index in [4.69, 9.17) is 11.6 Å². The second-order valence-corrected chi connectivity index (χ2v) is 7.94. The molecule has 1 aliphatic carbocycles. The molecule has 2 rings (SSSR count). The highest BCUT2D eigenvalue weighted by Crippen LogP contribution is 2.46. The number of halogens is 3. The summed E-state index contributed by atoms with van der Waals surface area (Å²) in [5.41, 5.74) is -0.0158. The van der Waals surface area contributed by atoms with Gasteiger partial charge in [-0.2, -0.15) is 8.78 Å². The van der Waals surface area contributed by atoms with Crippen LogP contribution >= 0.6 is 11.6 Å². The fourth-order valence-corrected chi connectivity index (χ4v) is 3.46. The predicted molar refractivity (Wildman–Crippen MR) is 75.1 cm³/mol. The minimum Gasteiger partial charge on any atom is -0.381 e. The van der Waals surface area contributed by atoms with E-state index in [0.29, 0.717) is 6.42 Å². The maximum Gasteiger partial charge on any atom is 0.341 e. The predicted octanol–water partition coefficient (Wildman–Crippen LogP) is 3.50. The van der Waals surface area contributed by atoms with E-state index in [1.165, 1.54) is 18.2 Å². The number of sulfone groups is 1. The van der Waals surface area contributed by atoms with Crippen LogP contribution in [-0.4, -0.2) is 25.6 Å². The zero-order valence-corrected chi connectivity index (χ0v) is 12.7. The van der Waals surface area contributed by atoms with Crippen molar-refractivity contribution >= 4 is 27.1 Å². The number of hydrogen-bond acceptors (Lipinski definition) is 3. The third-order valence-electron chi connectivity index (χ3n) is 3.91. The van der Waals surface area contributed by atoms with Crippen molar-refractivity contribution in [3.8, 4) is 0 Å². The Balaban J connectivity index is 2.31. The standard InChI is InChI=1S/C13H16ClF2NO2S/c1-13(2)10(14)7-11(13)17-8-5-3-4-6-9(8)20(18,19)12(15)16/h3-6,10-12,17H,7H2,1-2H3. The van der Waals surface area contributed by atoms with Gasteiger partial charge < -0.3 is 5.32 Å². The molecule has 0 aromatic heterocycles. The summed E-state index contributed by atoms with van der Waals surface area (Å²) in [6.45, 7) is 3.91. The number of hydrogen-bond donors (Lipinski definition) is 1. The molecule has 1 saturated carbocycles. The van der Waals surface area contributed by atoms with E-state index in [1.54, 1.807) is 6.07 Å². The van der Waals surface area contributed by atoms with Gasteiger partial charge in [0.15, 0.2) is 0 Å². The van der Waals surface area contributed by atoms with Crippen LogP contribution in [-0.2, 0) is 9.84 Å². The molecule has 3 nitrogen and oxygen atoms in total. The molecule has 0 bridgehead atoms. The van der Waals surface area contributed by atoms with Gasteiger partial charge >= 0.3 is 5.76 Å². The molecule has 2 unspecified atom stereocenters. The highest BCUT2D eigenvalue weighted by atomic mass is 35.5. The summed E-state index contributed by atoms with van der Waals surface area (Å²) in [6, 6.07) is 5.67. The molecule has 0 radical (unpaired) electrons. The molecule has 0 spiro atoms. The number of nitrogens with one attached hydrogen (secondary N) is 1. The molecule has 2 atom stereocenters. The molecule has 0 heterocycles. The van der Waals surface area contributed by atoms with Gasteiger partial charge in [0, 0.05) is 16.8 Å². The first-order chi connectivity index (χ1) is 9.17. The zero-order chi connectivity index (χ0) is 15.1. The van der Waals surface area contributed by atoms with Crippen LogP contribution < -0.4 is 5.32 Å². The van der Waals surface area contributed by atoms with Crippen LogP contribution in [0.2, 0.25) is 0 Å². The molecule has 1 aromatic carbocycles. The largest absolute Gasteiger partial charge is 0.381 e. The second kappa shape index (κ2) is 5.15. The lowest BCUT2D eigenvalue weighted by Gasteiger charge is -2.49. The van der Waals surface area contributed by atoms with Crippen LogP contribution in [0, 0.1) is 5.41 Å². The summed E-state index contributed by atoms with van der Waals surface area (Å²) in [7, 11) is -4.62. The molecule has 1 N–H and O–H groups in total. The van der Waals surface area contributed by atoms with Gasteiger partial charge in [0.05, 0.1) is 10.6 Å². The normalized spacial score (nSPS) is 25.3. The lowest BCUT2D eigenvalue weighted by Crippen LogP contribution is -2.54. The molecule has 7 heteroatoms. The fraction of sp³-hybridized carbons (Fsp3) is 0.538. The molecular weight excluding hydrogens is 308 g/mol.